The van der Waals surface area contributed by atoms with Crippen LogP contribution in [0.3, 0.4) is 0 Å². The van der Waals surface area contributed by atoms with Gasteiger partial charge in [0, 0.05) is 24.3 Å². The molecule has 3 rings (SSSR count). The summed E-state index contributed by atoms with van der Waals surface area (Å²) < 4.78 is 0. The number of nitrogens with one attached hydrogen (secondary N) is 2. The fraction of sp³-hybridized carbons (Fsp3) is 0.562. The number of anilines is 2. The van der Waals surface area contributed by atoms with Crippen molar-refractivity contribution in [3.05, 3.63) is 22.7 Å². The van der Waals surface area contributed by atoms with Crippen molar-refractivity contribution < 1.29 is 4.79 Å². The lowest BCUT2D eigenvalue weighted by molar-refractivity contribution is -0.117. The number of nitrogens with zero attached hydrogens (tertiary/aromatic N) is 1. The maximum Gasteiger partial charge on any atom is 0.246 e. The minimum Gasteiger partial charge on any atom is -0.370 e. The molecule has 2 unspecified atom stereocenters. The van der Waals surface area contributed by atoms with Crippen LogP contribution in [0, 0.1) is 5.92 Å². The second-order valence-electron chi connectivity index (χ2n) is 6.11. The van der Waals surface area contributed by atoms with Crippen LogP contribution in [0.1, 0.15) is 38.3 Å². The number of halogens is 1. The maximum absolute atomic E-state index is 12.1. The Morgan fingerprint density at radius 3 is 2.95 bits per heavy atom. The lowest BCUT2D eigenvalue weighted by Gasteiger charge is -2.21. The summed E-state index contributed by atoms with van der Waals surface area (Å²) in [6.07, 6.45) is 2.19. The van der Waals surface area contributed by atoms with Gasteiger partial charge in [0.2, 0.25) is 5.91 Å². The average Bonchev–Trinajstić information content (AvgIpc) is 2.99. The second kappa shape index (κ2) is 5.85. The van der Waals surface area contributed by atoms with Gasteiger partial charge in [0.15, 0.2) is 0 Å². The molecule has 2 N–H and O–H groups in total. The van der Waals surface area contributed by atoms with Gasteiger partial charge in [0.05, 0.1) is 10.7 Å². The van der Waals surface area contributed by atoms with E-state index in [4.69, 9.17) is 11.6 Å². The fourth-order valence-corrected chi connectivity index (χ4v) is 3.45. The number of hydrogen-bond donors (Lipinski definition) is 2. The van der Waals surface area contributed by atoms with E-state index >= 15 is 0 Å². The third-order valence-corrected chi connectivity index (χ3v) is 4.62. The molecular formula is C16H22ClN3O. The summed E-state index contributed by atoms with van der Waals surface area (Å²) >= 11 is 6.47. The van der Waals surface area contributed by atoms with E-state index in [0.29, 0.717) is 5.92 Å². The highest BCUT2D eigenvalue weighted by Gasteiger charge is 2.32. The normalized spacial score (nSPS) is 24.3. The molecule has 0 spiro atoms. The summed E-state index contributed by atoms with van der Waals surface area (Å²) in [5, 5.41) is 6.99. The maximum atomic E-state index is 12.1. The predicted molar refractivity (Wildman–Crippen MR) is 87.1 cm³/mol. The molecule has 0 saturated carbocycles. The summed E-state index contributed by atoms with van der Waals surface area (Å²) in [5.74, 6) is 0.712. The standard InChI is InChI=1S/C16H22ClN3O/c1-3-5-18-15-11-7-12(17)14(8-13(11)19-16(15)21)20-6-4-10(2)9-20/h7-8,10,15,18H,3-6,9H2,1-2H3,(H,19,21). The van der Waals surface area contributed by atoms with Crippen molar-refractivity contribution in [2.45, 2.75) is 32.7 Å². The Labute approximate surface area is 130 Å². The molecule has 2 heterocycles. The lowest BCUT2D eigenvalue weighted by atomic mass is 10.1. The highest BCUT2D eigenvalue weighted by molar-refractivity contribution is 6.33. The van der Waals surface area contributed by atoms with Gasteiger partial charge in [-0.15, -0.1) is 0 Å². The number of amides is 1. The van der Waals surface area contributed by atoms with Gasteiger partial charge < -0.3 is 15.5 Å². The predicted octanol–water partition coefficient (Wildman–Crippen LogP) is 3.18. The SMILES string of the molecule is CCCNC1C(=O)Nc2cc(N3CCC(C)C3)c(Cl)cc21. The lowest BCUT2D eigenvalue weighted by Crippen LogP contribution is -2.28. The number of carbonyl (C=O) groups excluding carboxylic acids is 1. The number of fused-ring (bicyclic) bond motifs is 1. The topological polar surface area (TPSA) is 44.4 Å². The van der Waals surface area contributed by atoms with E-state index < -0.39 is 0 Å². The molecule has 1 aromatic rings. The van der Waals surface area contributed by atoms with E-state index in [-0.39, 0.29) is 11.9 Å². The number of rotatable bonds is 4. The fourth-order valence-electron chi connectivity index (χ4n) is 3.16. The van der Waals surface area contributed by atoms with Crippen LogP contribution in [0.5, 0.6) is 0 Å². The first kappa shape index (κ1) is 14.7. The molecule has 0 radical (unpaired) electrons. The van der Waals surface area contributed by atoms with Crippen LogP contribution in [0.25, 0.3) is 0 Å². The first-order valence-electron chi connectivity index (χ1n) is 7.72. The van der Waals surface area contributed by atoms with Gasteiger partial charge >= 0.3 is 0 Å². The summed E-state index contributed by atoms with van der Waals surface area (Å²) in [4.78, 5) is 14.4. The largest absolute Gasteiger partial charge is 0.370 e. The third kappa shape index (κ3) is 2.74. The Kier molecular flexibility index (Phi) is 4.09. The first-order valence-corrected chi connectivity index (χ1v) is 8.10. The summed E-state index contributed by atoms with van der Waals surface area (Å²) in [6.45, 7) is 7.23. The van der Waals surface area contributed by atoms with Gasteiger partial charge in [-0.2, -0.15) is 0 Å². The van der Waals surface area contributed by atoms with Crippen molar-refractivity contribution >= 4 is 28.9 Å². The van der Waals surface area contributed by atoms with Crippen LogP contribution >= 0.6 is 11.6 Å². The van der Waals surface area contributed by atoms with Gasteiger partial charge in [0.1, 0.15) is 6.04 Å². The van der Waals surface area contributed by atoms with Crippen LogP contribution in [0.15, 0.2) is 12.1 Å². The van der Waals surface area contributed by atoms with Crippen LogP contribution in [0.2, 0.25) is 5.02 Å². The molecule has 0 aromatic heterocycles. The second-order valence-corrected chi connectivity index (χ2v) is 6.51. The Bertz CT molecular complexity index is 561. The molecular weight excluding hydrogens is 286 g/mol. The van der Waals surface area contributed by atoms with Crippen LogP contribution < -0.4 is 15.5 Å². The molecule has 0 aliphatic carbocycles. The molecule has 1 amide bonds. The molecule has 2 aliphatic rings. The van der Waals surface area contributed by atoms with E-state index in [9.17, 15) is 4.79 Å². The van der Waals surface area contributed by atoms with Gasteiger partial charge in [-0.05, 0) is 37.4 Å². The van der Waals surface area contributed by atoms with Crippen LogP contribution in [-0.4, -0.2) is 25.5 Å². The molecule has 2 aliphatic heterocycles. The van der Waals surface area contributed by atoms with E-state index in [1.807, 2.05) is 12.1 Å². The summed E-state index contributed by atoms with van der Waals surface area (Å²) in [6, 6.07) is 3.70. The minimum absolute atomic E-state index is 0.0152. The Morgan fingerprint density at radius 2 is 2.29 bits per heavy atom. The van der Waals surface area contributed by atoms with Crippen molar-refractivity contribution in [2.24, 2.45) is 5.92 Å². The number of benzene rings is 1. The number of carbonyl (C=O) groups is 1. The molecule has 5 heteroatoms. The summed E-state index contributed by atoms with van der Waals surface area (Å²) in [5.41, 5.74) is 2.90. The molecule has 1 fully saturated rings. The molecule has 1 saturated heterocycles. The smallest absolute Gasteiger partial charge is 0.246 e. The van der Waals surface area contributed by atoms with E-state index in [2.05, 4.69) is 29.4 Å². The summed E-state index contributed by atoms with van der Waals surface area (Å²) in [7, 11) is 0. The van der Waals surface area contributed by atoms with E-state index in [0.717, 1.165) is 48.0 Å². The molecule has 114 valence electrons. The van der Waals surface area contributed by atoms with Crippen molar-refractivity contribution in [2.75, 3.05) is 29.9 Å². The molecule has 21 heavy (non-hydrogen) atoms. The monoisotopic (exact) mass is 307 g/mol. The highest BCUT2D eigenvalue weighted by atomic mass is 35.5. The minimum atomic E-state index is -0.274. The zero-order valence-electron chi connectivity index (χ0n) is 12.6. The first-order chi connectivity index (χ1) is 10.1. The van der Waals surface area contributed by atoms with Crippen LogP contribution in [-0.2, 0) is 4.79 Å². The van der Waals surface area contributed by atoms with Crippen LogP contribution in [0.4, 0.5) is 11.4 Å². The van der Waals surface area contributed by atoms with Crippen molar-refractivity contribution in [1.82, 2.24) is 5.32 Å². The Balaban J connectivity index is 1.89. The van der Waals surface area contributed by atoms with Crippen molar-refractivity contribution in [1.29, 1.82) is 0 Å². The zero-order valence-corrected chi connectivity index (χ0v) is 13.3. The zero-order chi connectivity index (χ0) is 15.0. The average molecular weight is 308 g/mol. The third-order valence-electron chi connectivity index (χ3n) is 4.31. The molecule has 4 nitrogen and oxygen atoms in total. The van der Waals surface area contributed by atoms with Crippen molar-refractivity contribution in [3.63, 3.8) is 0 Å². The molecule has 1 aromatic carbocycles. The van der Waals surface area contributed by atoms with E-state index in [1.165, 1.54) is 6.42 Å². The van der Waals surface area contributed by atoms with Gasteiger partial charge in [-0.1, -0.05) is 25.4 Å². The van der Waals surface area contributed by atoms with E-state index in [1.54, 1.807) is 0 Å². The highest BCUT2D eigenvalue weighted by Crippen LogP contribution is 2.40. The molecule has 2 atom stereocenters. The Morgan fingerprint density at radius 1 is 1.48 bits per heavy atom. The van der Waals surface area contributed by atoms with Gasteiger partial charge in [-0.25, -0.2) is 0 Å². The quantitative estimate of drug-likeness (QED) is 0.898. The Hall–Kier alpha value is -1.26. The van der Waals surface area contributed by atoms with Gasteiger partial charge in [0.25, 0.3) is 0 Å². The number of hydrogen-bond acceptors (Lipinski definition) is 3. The van der Waals surface area contributed by atoms with Crippen molar-refractivity contribution in [3.8, 4) is 0 Å². The van der Waals surface area contributed by atoms with Gasteiger partial charge in [-0.3, -0.25) is 4.79 Å². The molecule has 0 bridgehead atoms.